The van der Waals surface area contributed by atoms with Gasteiger partial charge >= 0.3 is 0 Å². The maximum Gasteiger partial charge on any atom is 0.0547 e. The molecule has 16 heavy (non-hydrogen) atoms. The van der Waals surface area contributed by atoms with Crippen molar-refractivity contribution in [1.29, 1.82) is 0 Å². The summed E-state index contributed by atoms with van der Waals surface area (Å²) in [5, 5.41) is 0. The van der Waals surface area contributed by atoms with Crippen molar-refractivity contribution in [2.24, 2.45) is 11.1 Å². The normalized spacial score (nSPS) is 14.1. The van der Waals surface area contributed by atoms with E-state index in [-0.39, 0.29) is 5.41 Å². The third-order valence-corrected chi connectivity index (χ3v) is 3.20. The van der Waals surface area contributed by atoms with E-state index in [0.717, 1.165) is 19.6 Å². The third-order valence-electron chi connectivity index (χ3n) is 3.20. The van der Waals surface area contributed by atoms with Gasteiger partial charge in [0.15, 0.2) is 0 Å². The molecule has 0 spiro atoms. The second-order valence-electron chi connectivity index (χ2n) is 5.65. The van der Waals surface area contributed by atoms with Crippen LogP contribution < -0.4 is 5.73 Å². The summed E-state index contributed by atoms with van der Waals surface area (Å²) in [6, 6.07) is 0. The van der Waals surface area contributed by atoms with E-state index in [1.165, 1.54) is 32.1 Å². The van der Waals surface area contributed by atoms with Crippen LogP contribution in [0.1, 0.15) is 66.2 Å². The predicted molar refractivity (Wildman–Crippen MR) is 71.6 cm³/mol. The van der Waals surface area contributed by atoms with Crippen LogP contribution in [0.3, 0.4) is 0 Å². The van der Waals surface area contributed by atoms with Gasteiger partial charge < -0.3 is 10.5 Å². The number of hydrogen-bond acceptors (Lipinski definition) is 2. The fourth-order valence-electron chi connectivity index (χ4n) is 1.58. The highest BCUT2D eigenvalue weighted by Crippen LogP contribution is 2.18. The van der Waals surface area contributed by atoms with Gasteiger partial charge in [-0.2, -0.15) is 0 Å². The lowest BCUT2D eigenvalue weighted by atomic mass is 9.90. The molecule has 1 atom stereocenters. The molecule has 0 bridgehead atoms. The molecule has 1 unspecified atom stereocenters. The Morgan fingerprint density at radius 1 is 1.19 bits per heavy atom. The molecule has 0 heterocycles. The van der Waals surface area contributed by atoms with Crippen molar-refractivity contribution in [2.75, 3.05) is 13.2 Å². The van der Waals surface area contributed by atoms with E-state index in [0.29, 0.717) is 6.10 Å². The number of nitrogens with two attached hydrogens (primary N) is 1. The number of unbranched alkanes of at least 4 members (excludes halogenated alkanes) is 3. The monoisotopic (exact) mass is 229 g/mol. The number of rotatable bonds is 10. The Morgan fingerprint density at radius 2 is 1.88 bits per heavy atom. The molecule has 0 aliphatic carbocycles. The molecule has 98 valence electrons. The second-order valence-corrected chi connectivity index (χ2v) is 5.65. The smallest absolute Gasteiger partial charge is 0.0547 e. The summed E-state index contributed by atoms with van der Waals surface area (Å²) in [5.41, 5.74) is 5.91. The zero-order chi connectivity index (χ0) is 12.4. The summed E-state index contributed by atoms with van der Waals surface area (Å²) in [6.07, 6.45) is 7.97. The lowest BCUT2D eigenvalue weighted by Crippen LogP contribution is -2.26. The van der Waals surface area contributed by atoms with Crippen LogP contribution in [0, 0.1) is 5.41 Å². The average molecular weight is 229 g/mol. The predicted octanol–water partition coefficient (Wildman–Crippen LogP) is 3.74. The molecule has 2 nitrogen and oxygen atoms in total. The van der Waals surface area contributed by atoms with Crippen LogP contribution in [0.4, 0.5) is 0 Å². The molecule has 0 saturated carbocycles. The van der Waals surface area contributed by atoms with Crippen molar-refractivity contribution in [2.45, 2.75) is 72.3 Å². The van der Waals surface area contributed by atoms with Gasteiger partial charge in [-0.3, -0.25) is 0 Å². The van der Waals surface area contributed by atoms with Crippen LogP contribution >= 0.6 is 0 Å². The van der Waals surface area contributed by atoms with Crippen molar-refractivity contribution in [3.63, 3.8) is 0 Å². The van der Waals surface area contributed by atoms with Gasteiger partial charge in [0.25, 0.3) is 0 Å². The van der Waals surface area contributed by atoms with Crippen LogP contribution in [0.25, 0.3) is 0 Å². The van der Waals surface area contributed by atoms with Crippen LogP contribution in [-0.4, -0.2) is 19.3 Å². The van der Waals surface area contributed by atoms with Crippen molar-refractivity contribution in [1.82, 2.24) is 0 Å². The first-order valence-electron chi connectivity index (χ1n) is 6.83. The Hall–Kier alpha value is -0.0800. The molecular formula is C14H31NO. The Kier molecular flexibility index (Phi) is 8.96. The van der Waals surface area contributed by atoms with Crippen molar-refractivity contribution in [3.05, 3.63) is 0 Å². The van der Waals surface area contributed by atoms with Gasteiger partial charge in [0.05, 0.1) is 6.10 Å². The van der Waals surface area contributed by atoms with Crippen LogP contribution in [0.5, 0.6) is 0 Å². The van der Waals surface area contributed by atoms with Crippen molar-refractivity contribution in [3.8, 4) is 0 Å². The molecule has 0 aliphatic rings. The van der Waals surface area contributed by atoms with Gasteiger partial charge in [-0.1, -0.05) is 46.5 Å². The van der Waals surface area contributed by atoms with Crippen molar-refractivity contribution < 1.29 is 4.74 Å². The van der Waals surface area contributed by atoms with Gasteiger partial charge in [-0.15, -0.1) is 0 Å². The van der Waals surface area contributed by atoms with Crippen LogP contribution in [-0.2, 0) is 4.74 Å². The fourth-order valence-corrected chi connectivity index (χ4v) is 1.58. The molecule has 0 radical (unpaired) electrons. The summed E-state index contributed by atoms with van der Waals surface area (Å²) in [4.78, 5) is 0. The molecule has 0 amide bonds. The van der Waals surface area contributed by atoms with E-state index in [4.69, 9.17) is 10.5 Å². The minimum Gasteiger partial charge on any atom is -0.378 e. The largest absolute Gasteiger partial charge is 0.378 e. The van der Waals surface area contributed by atoms with Gasteiger partial charge in [0, 0.05) is 6.61 Å². The summed E-state index contributed by atoms with van der Waals surface area (Å²) in [5.74, 6) is 0. The molecule has 0 fully saturated rings. The maximum absolute atomic E-state index is 5.80. The zero-order valence-corrected chi connectivity index (χ0v) is 11.7. The van der Waals surface area contributed by atoms with Crippen molar-refractivity contribution >= 4 is 0 Å². The minimum atomic E-state index is 0.224. The second kappa shape index (κ2) is 9.00. The third kappa shape index (κ3) is 9.17. The number of ether oxygens (including phenoxy) is 1. The van der Waals surface area contributed by atoms with E-state index >= 15 is 0 Å². The molecule has 0 aromatic heterocycles. The van der Waals surface area contributed by atoms with Crippen LogP contribution in [0.15, 0.2) is 0 Å². The van der Waals surface area contributed by atoms with E-state index < -0.39 is 0 Å². The van der Waals surface area contributed by atoms with Gasteiger partial charge in [-0.05, 0) is 31.7 Å². The highest BCUT2D eigenvalue weighted by Gasteiger charge is 2.15. The Morgan fingerprint density at radius 3 is 2.44 bits per heavy atom. The van der Waals surface area contributed by atoms with E-state index in [1.807, 2.05) is 0 Å². The molecular weight excluding hydrogens is 198 g/mol. The number of hydrogen-bond donors (Lipinski definition) is 1. The molecule has 0 saturated heterocycles. The van der Waals surface area contributed by atoms with Gasteiger partial charge in [0.2, 0.25) is 0 Å². The Labute approximate surface area is 102 Å². The molecule has 0 aliphatic heterocycles. The zero-order valence-electron chi connectivity index (χ0n) is 11.7. The first kappa shape index (κ1) is 15.9. The Bertz CT molecular complexity index is 157. The van der Waals surface area contributed by atoms with E-state index in [9.17, 15) is 0 Å². The first-order chi connectivity index (χ1) is 7.52. The van der Waals surface area contributed by atoms with Gasteiger partial charge in [0.1, 0.15) is 0 Å². The minimum absolute atomic E-state index is 0.224. The average Bonchev–Trinajstić information content (AvgIpc) is 2.24. The highest BCUT2D eigenvalue weighted by molar-refractivity contribution is 4.68. The first-order valence-corrected chi connectivity index (χ1v) is 6.83. The summed E-state index contributed by atoms with van der Waals surface area (Å²) >= 11 is 0. The Balaban J connectivity index is 3.40. The summed E-state index contributed by atoms with van der Waals surface area (Å²) in [6.45, 7) is 10.4. The van der Waals surface area contributed by atoms with E-state index in [2.05, 4.69) is 27.7 Å². The van der Waals surface area contributed by atoms with Crippen LogP contribution in [0.2, 0.25) is 0 Å². The summed E-state index contributed by atoms with van der Waals surface area (Å²) in [7, 11) is 0. The molecule has 0 aromatic rings. The fraction of sp³-hybridized carbons (Fsp3) is 1.00. The molecule has 0 aromatic carbocycles. The standard InChI is InChI=1S/C14H31NO/c1-5-6-7-8-9-13(2)16-11-10-14(3,4)12-15/h13H,5-12,15H2,1-4H3. The van der Waals surface area contributed by atoms with E-state index in [1.54, 1.807) is 0 Å². The molecule has 0 rings (SSSR count). The summed E-state index contributed by atoms with van der Waals surface area (Å²) < 4.78 is 5.80. The maximum atomic E-state index is 5.80. The molecule has 2 N–H and O–H groups in total. The topological polar surface area (TPSA) is 35.2 Å². The SMILES string of the molecule is CCCCCCC(C)OCCC(C)(C)CN. The molecule has 2 heteroatoms. The van der Waals surface area contributed by atoms with Gasteiger partial charge in [-0.25, -0.2) is 0 Å². The lowest BCUT2D eigenvalue weighted by Gasteiger charge is -2.23. The quantitative estimate of drug-likeness (QED) is 0.579. The highest BCUT2D eigenvalue weighted by atomic mass is 16.5. The lowest BCUT2D eigenvalue weighted by molar-refractivity contribution is 0.0413.